The Morgan fingerprint density at radius 1 is 0.731 bits per heavy atom. The molecule has 0 aliphatic carbocycles. The van der Waals surface area contributed by atoms with Crippen molar-refractivity contribution in [3.8, 4) is 23.0 Å². The molecule has 0 fully saturated rings. The number of hydrogen-bond donors (Lipinski definition) is 0. The Balaban J connectivity index is 0.000000192. The van der Waals surface area contributed by atoms with E-state index >= 15 is 0 Å². The number of carbonyl (C=O) groups excluding carboxylic acids is 2. The maximum absolute atomic E-state index is 12.4. The molecule has 6 rings (SSSR count). The van der Waals surface area contributed by atoms with Crippen molar-refractivity contribution in [3.05, 3.63) is 163 Å². The lowest BCUT2D eigenvalue weighted by atomic mass is 10.1. The number of nitrogens with zero attached hydrogens (tertiary/aromatic N) is 4. The van der Waals surface area contributed by atoms with Crippen LogP contribution in [0, 0.1) is 0 Å². The third kappa shape index (κ3) is 12.9. The molecule has 0 radical (unpaired) electrons. The summed E-state index contributed by atoms with van der Waals surface area (Å²) in [6.45, 7) is 4.41. The van der Waals surface area contributed by atoms with E-state index in [-0.39, 0.29) is 23.4 Å². The van der Waals surface area contributed by atoms with Crippen LogP contribution in [0.25, 0.3) is 0 Å². The number of ether oxygens (including phenoxy) is 2. The molecule has 0 atom stereocenters. The highest BCUT2D eigenvalue weighted by Gasteiger charge is 2.14. The normalized spacial score (nSPS) is 10.3. The molecule has 8 nitrogen and oxygen atoms in total. The largest absolute Gasteiger partial charge is 0.457 e. The minimum Gasteiger partial charge on any atom is -0.457 e. The predicted octanol–water partition coefficient (Wildman–Crippen LogP) is 12.8. The first kappa shape index (κ1) is 41.3. The van der Waals surface area contributed by atoms with Crippen LogP contribution in [0.4, 0.5) is 0 Å². The van der Waals surface area contributed by atoms with Gasteiger partial charge in [-0.15, -0.1) is 6.58 Å². The minimum absolute atomic E-state index is 0.0554. The first-order valence-corrected chi connectivity index (χ1v) is 19.2. The minimum atomic E-state index is -0.157. The average Bonchev–Trinajstić information content (AvgIpc) is 3.73. The topological polar surface area (TPSA) is 88.2 Å². The number of hydrogen-bond acceptors (Lipinski definition) is 6. The van der Waals surface area contributed by atoms with Crippen LogP contribution in [-0.4, -0.2) is 36.0 Å². The van der Waals surface area contributed by atoms with Crippen molar-refractivity contribution in [2.45, 2.75) is 13.1 Å². The molecule has 268 valence electrons. The highest BCUT2D eigenvalue weighted by molar-refractivity contribution is 9.10. The number of allylic oxidation sites excluding steroid dienone is 1. The number of rotatable bonds is 11. The third-order valence-electron chi connectivity index (χ3n) is 6.62. The highest BCUT2D eigenvalue weighted by atomic mass is 79.9. The van der Waals surface area contributed by atoms with Gasteiger partial charge in [0.05, 0.1) is 40.8 Å². The van der Waals surface area contributed by atoms with Gasteiger partial charge in [-0.2, -0.15) is 0 Å². The van der Waals surface area contributed by atoms with Gasteiger partial charge in [-0.25, -0.2) is 9.97 Å². The number of halogens is 7. The molecule has 0 amide bonds. The Labute approximate surface area is 345 Å². The number of ketones is 2. The monoisotopic (exact) mass is 968 g/mol. The van der Waals surface area contributed by atoms with Crippen molar-refractivity contribution < 1.29 is 19.1 Å². The quantitative estimate of drug-likeness (QED) is 0.0730. The van der Waals surface area contributed by atoms with Crippen molar-refractivity contribution >= 4 is 106 Å². The molecule has 2 aromatic heterocycles. The second-order valence-corrected chi connectivity index (χ2v) is 14.4. The fraction of sp³-hybridized carbons (Fsp3) is 0.0811. The zero-order valence-corrected chi connectivity index (χ0v) is 34.6. The van der Waals surface area contributed by atoms with E-state index < -0.39 is 0 Å². The Morgan fingerprint density at radius 2 is 1.23 bits per heavy atom. The molecular formula is C37H27Br3Cl4N4O4. The van der Waals surface area contributed by atoms with E-state index in [2.05, 4.69) is 64.3 Å². The van der Waals surface area contributed by atoms with E-state index in [0.717, 1.165) is 15.5 Å². The summed E-state index contributed by atoms with van der Waals surface area (Å²) in [4.78, 5) is 31.6. The maximum atomic E-state index is 12.4. The van der Waals surface area contributed by atoms with Crippen LogP contribution in [0.2, 0.25) is 20.4 Å². The molecule has 2 heterocycles. The molecule has 0 aliphatic heterocycles. The van der Waals surface area contributed by atoms with E-state index in [4.69, 9.17) is 55.9 Å². The fourth-order valence-corrected chi connectivity index (χ4v) is 5.87. The summed E-state index contributed by atoms with van der Waals surface area (Å²) in [5, 5.41) is 1.89. The van der Waals surface area contributed by atoms with Crippen molar-refractivity contribution in [1.29, 1.82) is 0 Å². The lowest BCUT2D eigenvalue weighted by Gasteiger charge is -2.09. The summed E-state index contributed by atoms with van der Waals surface area (Å²) < 4.78 is 16.7. The molecule has 0 aliphatic rings. The molecule has 52 heavy (non-hydrogen) atoms. The summed E-state index contributed by atoms with van der Waals surface area (Å²) in [5.74, 6) is 2.32. The lowest BCUT2D eigenvalue weighted by molar-refractivity contribution is 0.0971. The van der Waals surface area contributed by atoms with Gasteiger partial charge in [-0.1, -0.05) is 100 Å². The van der Waals surface area contributed by atoms with E-state index in [9.17, 15) is 9.59 Å². The molecular weight excluding hydrogens is 946 g/mol. The van der Waals surface area contributed by atoms with Crippen molar-refractivity contribution in [2.75, 3.05) is 5.33 Å². The van der Waals surface area contributed by atoms with Crippen molar-refractivity contribution in [2.24, 2.45) is 0 Å². The number of imidazole rings is 2. The predicted molar refractivity (Wildman–Crippen MR) is 218 cm³/mol. The smallest absolute Gasteiger partial charge is 0.184 e. The first-order chi connectivity index (χ1) is 24.9. The van der Waals surface area contributed by atoms with Gasteiger partial charge < -0.3 is 18.6 Å². The van der Waals surface area contributed by atoms with Gasteiger partial charge in [0, 0.05) is 44.9 Å². The van der Waals surface area contributed by atoms with E-state index in [1.54, 1.807) is 59.6 Å². The van der Waals surface area contributed by atoms with E-state index in [1.807, 2.05) is 53.1 Å². The third-order valence-corrected chi connectivity index (χ3v) is 9.32. The second-order valence-electron chi connectivity index (χ2n) is 10.4. The molecule has 0 spiro atoms. The van der Waals surface area contributed by atoms with Crippen LogP contribution < -0.4 is 9.47 Å². The summed E-state index contributed by atoms with van der Waals surface area (Å²) in [7, 11) is 0. The van der Waals surface area contributed by atoms with Gasteiger partial charge in [-0.3, -0.25) is 9.59 Å². The highest BCUT2D eigenvalue weighted by Crippen LogP contribution is 2.30. The standard InChI is InChI=1S/C17H11BrCl2N2O2.C14H9Br2ClO2.C6H7ClN2/c18-11-1-3-12(4-2-11)24-13-5-6-14(15(19)7-13)16(23)9-22-10-21-8-17(22)20;15-8-14(18)12-6-5-11(7-13(12)17)19-10-3-1-9(16)2-4-10;1-2-3-9-4-6(7)8-5-9/h1-8,10H,9H2;1-7H,8H2;2,4-5H,1,3H2. The maximum Gasteiger partial charge on any atom is 0.184 e. The summed E-state index contributed by atoms with van der Waals surface area (Å²) in [5.41, 5.74) is 0.895. The van der Waals surface area contributed by atoms with Crippen molar-refractivity contribution in [1.82, 2.24) is 19.1 Å². The zero-order valence-electron chi connectivity index (χ0n) is 26.9. The van der Waals surface area contributed by atoms with Crippen LogP contribution in [0.5, 0.6) is 23.0 Å². The molecule has 0 bridgehead atoms. The molecule has 15 heteroatoms. The number of carbonyl (C=O) groups is 2. The Bertz CT molecular complexity index is 2120. The van der Waals surface area contributed by atoms with Gasteiger partial charge in [0.15, 0.2) is 11.6 Å². The van der Waals surface area contributed by atoms with Crippen LogP contribution in [0.1, 0.15) is 20.7 Å². The molecule has 4 aromatic carbocycles. The number of alkyl halides is 1. The molecule has 6 aromatic rings. The van der Waals surface area contributed by atoms with Gasteiger partial charge in [0.25, 0.3) is 0 Å². The van der Waals surface area contributed by atoms with Crippen LogP contribution in [0.3, 0.4) is 0 Å². The Morgan fingerprint density at radius 3 is 1.63 bits per heavy atom. The molecule has 0 saturated carbocycles. The molecule has 0 unspecified atom stereocenters. The fourth-order valence-electron chi connectivity index (χ4n) is 4.16. The second kappa shape index (κ2) is 20.7. The van der Waals surface area contributed by atoms with Gasteiger partial charge >= 0.3 is 0 Å². The Kier molecular flexibility index (Phi) is 16.5. The molecule has 0 N–H and O–H groups in total. The van der Waals surface area contributed by atoms with E-state index in [1.165, 1.54) is 12.5 Å². The summed E-state index contributed by atoms with van der Waals surface area (Å²) >= 11 is 33.6. The first-order valence-electron chi connectivity index (χ1n) is 15.0. The molecule has 0 saturated heterocycles. The van der Waals surface area contributed by atoms with Gasteiger partial charge in [0.1, 0.15) is 33.3 Å². The summed E-state index contributed by atoms with van der Waals surface area (Å²) in [6.07, 6.45) is 8.19. The van der Waals surface area contributed by atoms with E-state index in [0.29, 0.717) is 54.5 Å². The number of aromatic nitrogens is 4. The average molecular weight is 973 g/mol. The number of Topliss-reactive ketones (excluding diaryl/α,β-unsaturated/α-hetero) is 2. The van der Waals surface area contributed by atoms with Crippen molar-refractivity contribution in [3.63, 3.8) is 0 Å². The van der Waals surface area contributed by atoms with Crippen LogP contribution >= 0.6 is 94.2 Å². The zero-order chi connectivity index (χ0) is 37.6. The van der Waals surface area contributed by atoms with Gasteiger partial charge in [-0.05, 0) is 72.8 Å². The van der Waals surface area contributed by atoms with Crippen LogP contribution in [0.15, 0.2) is 132 Å². The van der Waals surface area contributed by atoms with Crippen LogP contribution in [-0.2, 0) is 13.1 Å². The Hall–Kier alpha value is -3.42. The SMILES string of the molecule is C=CCn1cnc(Cl)c1.O=C(CBr)c1ccc(Oc2ccc(Br)cc2)cc1Cl.O=C(Cn1cncc1Cl)c1ccc(Oc2ccc(Br)cc2)cc1Cl. The lowest BCUT2D eigenvalue weighted by Crippen LogP contribution is -2.10. The summed E-state index contributed by atoms with van der Waals surface area (Å²) in [6, 6.07) is 24.9. The number of benzene rings is 4. The van der Waals surface area contributed by atoms with Gasteiger partial charge in [0.2, 0.25) is 0 Å².